The monoisotopic (exact) mass is 987 g/mol. The predicted octanol–water partition coefficient (Wildman–Crippen LogP) is 3.56. The van der Waals surface area contributed by atoms with Crippen molar-refractivity contribution >= 4 is 29.5 Å². The van der Waals surface area contributed by atoms with Crippen LogP contribution in [0.5, 0.6) is 5.75 Å². The Kier molecular flexibility index (Phi) is 22.7. The molecule has 9 atom stereocenters. The SMILES string of the molecule is CCCCCCCCCCCCO[C@@H]1O[C@H](C(=O)NCCCC[C@@H](NC(=O)[C@H](Cc2ccccc2)NC(=O)[C@@H]2Cc3ccccc3CN2C(=O)[C@@H](N)Cc2c(C)cc(O)cc2C)C(N)=O)[C@@H](O)[C@H](O)[C@H]1O. The van der Waals surface area contributed by atoms with Gasteiger partial charge in [-0.3, -0.25) is 24.0 Å². The predicted molar refractivity (Wildman–Crippen MR) is 268 cm³/mol. The highest BCUT2D eigenvalue weighted by Crippen LogP contribution is 2.27. The molecule has 0 saturated carbocycles. The zero-order valence-electron chi connectivity index (χ0n) is 41.7. The molecule has 5 rings (SSSR count). The van der Waals surface area contributed by atoms with E-state index in [4.69, 9.17) is 20.9 Å². The molecule has 0 unspecified atom stereocenters. The van der Waals surface area contributed by atoms with E-state index >= 15 is 0 Å². The Morgan fingerprint density at radius 2 is 1.37 bits per heavy atom. The molecular weight excluding hydrogens is 909 g/mol. The van der Waals surface area contributed by atoms with Gasteiger partial charge in [0.15, 0.2) is 12.4 Å². The van der Waals surface area contributed by atoms with Crippen LogP contribution in [-0.4, -0.2) is 123 Å². The van der Waals surface area contributed by atoms with Crippen molar-refractivity contribution in [2.75, 3.05) is 13.2 Å². The average Bonchev–Trinajstić information content (AvgIpc) is 3.35. The highest BCUT2D eigenvalue weighted by Gasteiger charge is 2.47. The first-order chi connectivity index (χ1) is 34.1. The maximum atomic E-state index is 14.5. The second kappa shape index (κ2) is 28.6. The van der Waals surface area contributed by atoms with E-state index in [9.17, 15) is 44.4 Å². The maximum Gasteiger partial charge on any atom is 0.252 e. The first kappa shape index (κ1) is 56.5. The number of phenols is 1. The Morgan fingerprint density at radius 1 is 0.746 bits per heavy atom. The second-order valence-corrected chi connectivity index (χ2v) is 19.3. The quantitative estimate of drug-likeness (QED) is 0.0473. The number of aliphatic hydroxyl groups is 3. The van der Waals surface area contributed by atoms with Crippen LogP contribution >= 0.6 is 0 Å². The lowest BCUT2D eigenvalue weighted by Gasteiger charge is -2.39. The van der Waals surface area contributed by atoms with Gasteiger partial charge in [-0.2, -0.15) is 0 Å². The molecule has 0 aromatic heterocycles. The molecule has 2 aliphatic heterocycles. The molecule has 3 aromatic carbocycles. The molecule has 71 heavy (non-hydrogen) atoms. The van der Waals surface area contributed by atoms with Crippen molar-refractivity contribution in [1.29, 1.82) is 0 Å². The van der Waals surface area contributed by atoms with Gasteiger partial charge in [0.05, 0.1) is 6.04 Å². The molecule has 0 spiro atoms. The lowest BCUT2D eigenvalue weighted by Crippen LogP contribution is -2.62. The smallest absolute Gasteiger partial charge is 0.252 e. The molecule has 1 saturated heterocycles. The van der Waals surface area contributed by atoms with Crippen molar-refractivity contribution in [2.45, 2.75) is 185 Å². The van der Waals surface area contributed by atoms with Gasteiger partial charge in [-0.05, 0) is 91.5 Å². The highest BCUT2D eigenvalue weighted by molar-refractivity contribution is 5.95. The summed E-state index contributed by atoms with van der Waals surface area (Å²) >= 11 is 0. The first-order valence-corrected chi connectivity index (χ1v) is 25.5. The van der Waals surface area contributed by atoms with Crippen molar-refractivity contribution < 1.29 is 53.9 Å². The first-order valence-electron chi connectivity index (χ1n) is 25.5. The van der Waals surface area contributed by atoms with Crippen molar-refractivity contribution in [1.82, 2.24) is 20.9 Å². The lowest BCUT2D eigenvalue weighted by atomic mass is 9.91. The standard InChI is InChI=1S/C54H78N6O11/c1-4-5-6-7-8-9-10-11-12-20-27-70-54-47(64)45(62)46(63)48(71-54)52(68)57-26-19-18-25-42(49(56)65)58-50(66)43(30-36-21-14-13-15-22-36)59-51(67)44-31-37-23-16-17-24-38(37)33-60(44)53(69)41(55)32-40-34(2)28-39(61)29-35(40)3/h13-17,21-24,28-29,41-48,54,61-64H,4-12,18-20,25-27,30-33,55H2,1-3H3,(H2,56,65)(H,57,68)(H,58,66)(H,59,67)/t41-,42+,43-,44-,45-,46-,47+,48-,54+/m0/s1. The molecule has 0 bridgehead atoms. The molecule has 0 radical (unpaired) electrons. The van der Waals surface area contributed by atoms with Crippen molar-refractivity contribution in [3.8, 4) is 5.75 Å². The molecule has 17 heteroatoms. The number of fused-ring (bicyclic) bond motifs is 1. The molecule has 1 fully saturated rings. The molecule has 3 aromatic rings. The number of benzene rings is 3. The van der Waals surface area contributed by atoms with Crippen LogP contribution < -0.4 is 27.4 Å². The fraction of sp³-hybridized carbons (Fsp3) is 0.574. The summed E-state index contributed by atoms with van der Waals surface area (Å²) in [6, 6.07) is 15.4. The van der Waals surface area contributed by atoms with Gasteiger partial charge in [0.1, 0.15) is 42.2 Å². The van der Waals surface area contributed by atoms with Gasteiger partial charge in [0.2, 0.25) is 23.6 Å². The van der Waals surface area contributed by atoms with Crippen LogP contribution in [0.4, 0.5) is 0 Å². The number of aryl methyl sites for hydroxylation is 2. The van der Waals surface area contributed by atoms with E-state index in [0.717, 1.165) is 52.6 Å². The van der Waals surface area contributed by atoms with E-state index < -0.39 is 84.4 Å². The van der Waals surface area contributed by atoms with E-state index in [2.05, 4.69) is 22.9 Å². The second-order valence-electron chi connectivity index (χ2n) is 19.3. The molecule has 390 valence electrons. The molecular formula is C54H78N6O11. The van der Waals surface area contributed by atoms with Gasteiger partial charge < -0.3 is 62.2 Å². The molecule has 2 aliphatic rings. The minimum absolute atomic E-state index is 0.0537. The fourth-order valence-electron chi connectivity index (χ4n) is 9.46. The number of aliphatic hydroxyl groups excluding tert-OH is 3. The summed E-state index contributed by atoms with van der Waals surface area (Å²) < 4.78 is 11.4. The summed E-state index contributed by atoms with van der Waals surface area (Å²) in [5.41, 5.74) is 17.2. The summed E-state index contributed by atoms with van der Waals surface area (Å²) in [6.07, 6.45) is 4.66. The molecule has 17 nitrogen and oxygen atoms in total. The zero-order valence-corrected chi connectivity index (χ0v) is 41.7. The topological polar surface area (TPSA) is 276 Å². The molecule has 0 aliphatic carbocycles. The fourth-order valence-corrected chi connectivity index (χ4v) is 9.46. The van der Waals surface area contributed by atoms with Crippen LogP contribution in [-0.2, 0) is 59.3 Å². The number of nitrogens with one attached hydrogen (secondary N) is 3. The maximum absolute atomic E-state index is 14.5. The highest BCUT2D eigenvalue weighted by atomic mass is 16.7. The number of unbranched alkanes of at least 4 members (excludes halogenated alkanes) is 10. The Bertz CT molecular complexity index is 2170. The van der Waals surface area contributed by atoms with Gasteiger partial charge in [-0.25, -0.2) is 0 Å². The van der Waals surface area contributed by atoms with Crippen LogP contribution in [0.3, 0.4) is 0 Å². The third kappa shape index (κ3) is 16.8. The van der Waals surface area contributed by atoms with Crippen molar-refractivity contribution in [3.05, 3.63) is 100 Å². The summed E-state index contributed by atoms with van der Waals surface area (Å²) in [7, 11) is 0. The van der Waals surface area contributed by atoms with Crippen LogP contribution in [0.1, 0.15) is 124 Å². The number of carbonyl (C=O) groups is 5. The van der Waals surface area contributed by atoms with Crippen molar-refractivity contribution in [2.24, 2.45) is 11.5 Å². The number of ether oxygens (including phenoxy) is 2. The van der Waals surface area contributed by atoms with Crippen molar-refractivity contribution in [3.63, 3.8) is 0 Å². The third-order valence-corrected chi connectivity index (χ3v) is 13.7. The largest absolute Gasteiger partial charge is 0.508 e. The van der Waals surface area contributed by atoms with E-state index in [1.807, 2.05) is 44.2 Å². The minimum Gasteiger partial charge on any atom is -0.508 e. The zero-order chi connectivity index (χ0) is 51.5. The van der Waals surface area contributed by atoms with Crippen LogP contribution in [0.25, 0.3) is 0 Å². The summed E-state index contributed by atoms with van der Waals surface area (Å²) in [4.78, 5) is 70.2. The third-order valence-electron chi connectivity index (χ3n) is 13.7. The van der Waals surface area contributed by atoms with Crippen LogP contribution in [0.2, 0.25) is 0 Å². The molecule has 5 amide bonds. The van der Waals surface area contributed by atoms with Crippen LogP contribution in [0, 0.1) is 13.8 Å². The van der Waals surface area contributed by atoms with Gasteiger partial charge in [-0.15, -0.1) is 0 Å². The number of primary amides is 1. The number of aromatic hydroxyl groups is 1. The summed E-state index contributed by atoms with van der Waals surface area (Å²) in [5.74, 6) is -3.12. The van der Waals surface area contributed by atoms with E-state index in [1.54, 1.807) is 36.4 Å². The van der Waals surface area contributed by atoms with E-state index in [1.165, 1.54) is 43.4 Å². The number of hydrogen-bond donors (Lipinski definition) is 9. The number of nitrogens with zero attached hydrogens (tertiary/aromatic N) is 1. The Balaban J connectivity index is 1.15. The van der Waals surface area contributed by atoms with Gasteiger partial charge in [0, 0.05) is 32.5 Å². The Labute approximate surface area is 418 Å². The van der Waals surface area contributed by atoms with E-state index in [0.29, 0.717) is 19.3 Å². The Morgan fingerprint density at radius 3 is 2.01 bits per heavy atom. The van der Waals surface area contributed by atoms with Gasteiger partial charge in [-0.1, -0.05) is 119 Å². The summed E-state index contributed by atoms with van der Waals surface area (Å²) in [6.45, 7) is 6.31. The molecule has 2 heterocycles. The number of hydrogen-bond acceptors (Lipinski definition) is 12. The lowest BCUT2D eigenvalue weighted by molar-refractivity contribution is -0.290. The number of amides is 5. The van der Waals surface area contributed by atoms with E-state index in [-0.39, 0.29) is 51.1 Å². The number of rotatable bonds is 28. The van der Waals surface area contributed by atoms with Gasteiger partial charge in [0.25, 0.3) is 5.91 Å². The summed E-state index contributed by atoms with van der Waals surface area (Å²) in [5, 5.41) is 50.0. The Hall–Kier alpha value is -5.43. The number of nitrogens with two attached hydrogens (primary N) is 2. The molecule has 11 N–H and O–H groups in total. The minimum atomic E-state index is -1.71. The average molecular weight is 987 g/mol. The van der Waals surface area contributed by atoms with Gasteiger partial charge >= 0.3 is 0 Å². The number of phenolic OH excluding ortho intramolecular Hbond substituents is 1. The van der Waals surface area contributed by atoms with Crippen LogP contribution in [0.15, 0.2) is 66.7 Å². The number of carbonyl (C=O) groups excluding carboxylic acids is 5. The normalized spacial score (nSPS) is 21.1.